The fourth-order valence-electron chi connectivity index (χ4n) is 7.95. The highest BCUT2D eigenvalue weighted by Gasteiger charge is 2.12. The number of nitrogens with zero attached hydrogens (tertiary/aromatic N) is 4. The molecular weight excluding hydrogens is 1580 g/mol. The van der Waals surface area contributed by atoms with Crippen LogP contribution in [0.3, 0.4) is 0 Å². The second kappa shape index (κ2) is 84.6. The van der Waals surface area contributed by atoms with E-state index in [1.54, 1.807) is 136 Å². The number of ether oxygens (including phenoxy) is 12. The zero-order valence-electron chi connectivity index (χ0n) is 72.3. The number of carbonyl (C=O) groups excluding carboxylic acids is 7. The van der Waals surface area contributed by atoms with Gasteiger partial charge in [-0.05, 0) is 153 Å². The number of aliphatic hydroxyl groups is 5. The summed E-state index contributed by atoms with van der Waals surface area (Å²) in [6, 6.07) is 52.7. The van der Waals surface area contributed by atoms with Crippen molar-refractivity contribution in [1.82, 2.24) is 4.90 Å². The van der Waals surface area contributed by atoms with Crippen LogP contribution < -0.4 is 24.2 Å². The van der Waals surface area contributed by atoms with Crippen LogP contribution in [-0.4, -0.2) is 313 Å². The quantitative estimate of drug-likeness (QED) is 0.00638. The van der Waals surface area contributed by atoms with E-state index in [2.05, 4.69) is 44.6 Å². The van der Waals surface area contributed by atoms with E-state index in [0.717, 1.165) is 52.6 Å². The molecule has 0 amide bonds. The Kier molecular flexibility index (Phi) is 86.3. The molecule has 0 saturated heterocycles. The lowest BCUT2D eigenvalue weighted by Gasteiger charge is -2.13. The van der Waals surface area contributed by atoms with Gasteiger partial charge < -0.3 is 112 Å². The molecule has 674 valence electrons. The van der Waals surface area contributed by atoms with Crippen LogP contribution in [-0.2, 0) is 66.5 Å². The van der Waals surface area contributed by atoms with Crippen molar-refractivity contribution in [3.63, 3.8) is 0 Å². The molecule has 0 radical (unpaired) electrons. The van der Waals surface area contributed by atoms with Gasteiger partial charge in [-0.3, -0.25) is 14.4 Å². The minimum atomic E-state index is -1.04. The summed E-state index contributed by atoms with van der Waals surface area (Å²) in [6.45, 7) is 13.0. The fraction of sp³-hybridized carbons (Fsp3) is 0.414. The number of anilines is 3. The standard InChI is InChI=1S/C16H14O4.C15H12O4.2C10H13NO2.C9H10ClNO.C8H16O5.C7H14O5.C6H15N.5CH4O.CH4/c1-19-15(17)11-20-14-9-7-13(8-10-14)16(18)12-5-3-2-4-6-12;16-14(17)10-19-13-8-6-12(7-9-13)15(18)11-4-2-1-3-5-11;2*1-11(2)9-6-4-8(5-7-9)10(12)13-3;1-11(2)8-5-3-7(4-6-8)9(10)12;1-10-3-4-12-5-6-13-7-8(9)11-2;1-10-2-3-11-4-5-12-6-7(8)9;1-4-7(5-2)6-3;5*1-2;/h2-10H,11H2,1H3;1-9H,10H2,(H,16,17);2*4-7H,1-3H3;3-6H,1-2H3;3-7H2,1-2H3;2-6H2,1H3,(H,8,9);4-6H2,1-3H3;5*2H,1H3;1H4. The average molecular weight is 1720 g/mol. The summed E-state index contributed by atoms with van der Waals surface area (Å²) in [7, 11) is 25.3. The van der Waals surface area contributed by atoms with Gasteiger partial charge in [-0.1, -0.05) is 88.9 Å². The summed E-state index contributed by atoms with van der Waals surface area (Å²) < 4.78 is 57.4. The second-order valence-corrected chi connectivity index (χ2v) is 22.8. The molecule has 0 saturated carbocycles. The van der Waals surface area contributed by atoms with Crippen LogP contribution in [0.4, 0.5) is 17.1 Å². The van der Waals surface area contributed by atoms with Crippen molar-refractivity contribution in [1.29, 1.82) is 0 Å². The van der Waals surface area contributed by atoms with Gasteiger partial charge in [0.15, 0.2) is 24.8 Å². The SMILES string of the molecule is C.CCN(CC)CC.CN(C)c1ccc(C(=O)Cl)cc1.CO.CO.CO.CO.CO.COC(=O)COc1ccc(C(=O)c2ccccc2)cc1.COC(=O)c1ccc(N(C)C)cc1.COC(=O)c1ccc(N(C)C)cc1.COCCOCCOCC(=O)O.COCCOCCOCC(=O)OC.O=C(O)COc1ccc(C(=O)c2ccccc2)cc1. The van der Waals surface area contributed by atoms with Gasteiger partial charge in [-0.25, -0.2) is 28.8 Å². The first-order chi connectivity index (χ1) is 57.2. The summed E-state index contributed by atoms with van der Waals surface area (Å²) in [5.74, 6) is -2.62. The van der Waals surface area contributed by atoms with Crippen molar-refractivity contribution in [2.75, 3.05) is 234 Å². The maximum atomic E-state index is 12.2. The molecule has 32 nitrogen and oxygen atoms in total. The third kappa shape index (κ3) is 64.2. The van der Waals surface area contributed by atoms with E-state index in [4.69, 9.17) is 85.2 Å². The van der Waals surface area contributed by atoms with Crippen LogP contribution in [0.15, 0.2) is 182 Å². The van der Waals surface area contributed by atoms with E-state index in [9.17, 15) is 43.2 Å². The van der Waals surface area contributed by atoms with Gasteiger partial charge in [0.2, 0.25) is 0 Å². The molecule has 7 rings (SSSR count). The normalized spacial score (nSPS) is 9.16. The first-order valence-electron chi connectivity index (χ1n) is 36.4. The van der Waals surface area contributed by atoms with Crippen LogP contribution in [0.25, 0.3) is 0 Å². The predicted octanol–water partition coefficient (Wildman–Crippen LogP) is 9.68. The molecule has 7 N–H and O–H groups in total. The number of aliphatic carboxylic acids is 2. The molecule has 0 aliphatic rings. The van der Waals surface area contributed by atoms with Crippen molar-refractivity contribution in [3.05, 3.63) is 221 Å². The zero-order valence-corrected chi connectivity index (χ0v) is 73.1. The number of rotatable bonds is 35. The average Bonchev–Trinajstić information content (AvgIpc) is 0.854. The second-order valence-electron chi connectivity index (χ2n) is 22.5. The van der Waals surface area contributed by atoms with Crippen molar-refractivity contribution in [3.8, 4) is 11.5 Å². The highest BCUT2D eigenvalue weighted by molar-refractivity contribution is 6.67. The van der Waals surface area contributed by atoms with Crippen molar-refractivity contribution in [2.45, 2.75) is 28.2 Å². The maximum Gasteiger partial charge on any atom is 0.343 e. The highest BCUT2D eigenvalue weighted by Crippen LogP contribution is 2.19. The number of methoxy groups -OCH3 is 6. The van der Waals surface area contributed by atoms with Gasteiger partial charge in [-0.15, -0.1) is 0 Å². The Morgan fingerprint density at radius 1 is 0.308 bits per heavy atom. The summed E-state index contributed by atoms with van der Waals surface area (Å²) in [6.07, 6.45) is 0. The Morgan fingerprint density at radius 3 is 0.825 bits per heavy atom. The van der Waals surface area contributed by atoms with E-state index >= 15 is 0 Å². The highest BCUT2D eigenvalue weighted by atomic mass is 35.5. The minimum absolute atomic E-state index is 0. The largest absolute Gasteiger partial charge is 0.482 e. The van der Waals surface area contributed by atoms with Gasteiger partial charge >= 0.3 is 35.8 Å². The molecular formula is C87H131ClN4O28. The van der Waals surface area contributed by atoms with E-state index in [0.29, 0.717) is 103 Å². The van der Waals surface area contributed by atoms with Gasteiger partial charge in [0.25, 0.3) is 5.24 Å². The summed E-state index contributed by atoms with van der Waals surface area (Å²) >= 11 is 5.28. The van der Waals surface area contributed by atoms with Crippen molar-refractivity contribution < 1.29 is 136 Å². The van der Waals surface area contributed by atoms with Gasteiger partial charge in [0.1, 0.15) is 24.7 Å². The Balaban J connectivity index is -0.000000242. The number of hydrogen-bond donors (Lipinski definition) is 7. The number of benzene rings is 7. The van der Waals surface area contributed by atoms with Gasteiger partial charge in [-0.2, -0.15) is 0 Å². The van der Waals surface area contributed by atoms with Gasteiger partial charge in [0.05, 0.1) is 92.4 Å². The Hall–Kier alpha value is -10.8. The Bertz CT molecular complexity index is 3570. The lowest BCUT2D eigenvalue weighted by atomic mass is 10.0. The smallest absolute Gasteiger partial charge is 0.343 e. The number of halogens is 1. The number of ketones is 2. The monoisotopic (exact) mass is 1710 g/mol. The Morgan fingerprint density at radius 2 is 0.567 bits per heavy atom. The number of aliphatic hydroxyl groups excluding tert-OH is 5. The van der Waals surface area contributed by atoms with E-state index in [1.807, 2.05) is 118 Å². The molecule has 0 aromatic heterocycles. The Labute approximate surface area is 713 Å². The third-order valence-electron chi connectivity index (χ3n) is 14.1. The molecule has 7 aromatic rings. The van der Waals surface area contributed by atoms with Gasteiger partial charge in [0, 0.05) is 137 Å². The molecule has 0 spiro atoms. The molecule has 0 atom stereocenters. The van der Waals surface area contributed by atoms with E-state index in [1.165, 1.54) is 48.1 Å². The molecule has 0 unspecified atom stereocenters. The number of carbonyl (C=O) groups is 9. The number of carboxylic acids is 2. The number of hydrogen-bond acceptors (Lipinski definition) is 30. The van der Waals surface area contributed by atoms with Crippen LogP contribution in [0.1, 0.15) is 91.1 Å². The summed E-state index contributed by atoms with van der Waals surface area (Å²) in [4.78, 5) is 107. The minimum Gasteiger partial charge on any atom is -0.482 e. The first-order valence-corrected chi connectivity index (χ1v) is 36.7. The molecule has 0 fully saturated rings. The fourth-order valence-corrected chi connectivity index (χ4v) is 8.08. The van der Waals surface area contributed by atoms with Crippen molar-refractivity contribution in [2.24, 2.45) is 0 Å². The molecule has 0 aliphatic carbocycles. The zero-order chi connectivity index (χ0) is 91.7. The summed E-state index contributed by atoms with van der Waals surface area (Å²) in [5.41, 5.74) is 7.22. The maximum absolute atomic E-state index is 12.2. The lowest BCUT2D eigenvalue weighted by Crippen LogP contribution is -2.21. The molecule has 0 bridgehead atoms. The molecule has 7 aromatic carbocycles. The first kappa shape index (κ1) is 122. The number of esters is 4. The molecule has 0 aliphatic heterocycles. The third-order valence-corrected chi connectivity index (χ3v) is 14.3. The lowest BCUT2D eigenvalue weighted by molar-refractivity contribution is -0.146. The topological polar surface area (TPSA) is 419 Å². The molecule has 33 heteroatoms. The molecule has 120 heavy (non-hydrogen) atoms. The van der Waals surface area contributed by atoms with E-state index in [-0.39, 0.29) is 56.7 Å². The predicted molar refractivity (Wildman–Crippen MR) is 466 cm³/mol. The number of carboxylic acid groups (broad SMARTS) is 2. The molecule has 0 heterocycles. The van der Waals surface area contributed by atoms with Crippen LogP contribution in [0.2, 0.25) is 0 Å². The van der Waals surface area contributed by atoms with Crippen LogP contribution in [0, 0.1) is 0 Å². The summed E-state index contributed by atoms with van der Waals surface area (Å²) in [5, 5.41) is 51.2. The van der Waals surface area contributed by atoms with E-state index < -0.39 is 29.8 Å². The van der Waals surface area contributed by atoms with Crippen molar-refractivity contribution >= 4 is 81.3 Å². The van der Waals surface area contributed by atoms with Crippen LogP contribution >= 0.6 is 11.6 Å². The van der Waals surface area contributed by atoms with Crippen LogP contribution in [0.5, 0.6) is 11.5 Å².